The summed E-state index contributed by atoms with van der Waals surface area (Å²) in [5.41, 5.74) is 0.0347. The van der Waals surface area contributed by atoms with Crippen molar-refractivity contribution in [2.24, 2.45) is 5.14 Å². The molecule has 1 aromatic rings. The van der Waals surface area contributed by atoms with Crippen LogP contribution in [-0.4, -0.2) is 44.3 Å². The van der Waals surface area contributed by atoms with Gasteiger partial charge in [-0.05, 0) is 19.8 Å². The summed E-state index contributed by atoms with van der Waals surface area (Å²) in [6.07, 6.45) is 2.73. The third kappa shape index (κ3) is 5.44. The lowest BCUT2D eigenvalue weighted by Crippen LogP contribution is -2.28. The highest BCUT2D eigenvalue weighted by atomic mass is 32.2. The van der Waals surface area contributed by atoms with Crippen molar-refractivity contribution in [1.82, 2.24) is 15.5 Å². The molecule has 1 aromatic heterocycles. The van der Waals surface area contributed by atoms with Crippen LogP contribution in [0.3, 0.4) is 0 Å². The van der Waals surface area contributed by atoms with Gasteiger partial charge < -0.3 is 10.1 Å². The van der Waals surface area contributed by atoms with E-state index in [-0.39, 0.29) is 16.3 Å². The number of hydrogen-bond donors (Lipinski definition) is 3. The number of aromatic amines is 1. The molecule has 9 heteroatoms. The van der Waals surface area contributed by atoms with Crippen LogP contribution in [0.5, 0.6) is 0 Å². The smallest absolute Gasteiger partial charge is 0.273 e. The number of primary sulfonamides is 1. The van der Waals surface area contributed by atoms with Crippen LogP contribution >= 0.6 is 0 Å². The van der Waals surface area contributed by atoms with Gasteiger partial charge in [0.2, 0.25) is 10.0 Å². The van der Waals surface area contributed by atoms with E-state index in [0.29, 0.717) is 26.2 Å². The molecule has 0 radical (unpaired) electrons. The monoisotopic (exact) mass is 318 g/mol. The number of ether oxygens (including phenoxy) is 1. The number of hydrogen-bond acceptors (Lipinski definition) is 5. The minimum Gasteiger partial charge on any atom is -0.381 e. The highest BCUT2D eigenvalue weighted by Gasteiger charge is 2.25. The Labute approximate surface area is 124 Å². The van der Waals surface area contributed by atoms with Gasteiger partial charge in [-0.25, -0.2) is 13.6 Å². The average molecular weight is 318 g/mol. The van der Waals surface area contributed by atoms with Gasteiger partial charge in [0.25, 0.3) is 5.91 Å². The first kappa shape index (κ1) is 17.6. The molecule has 0 aromatic carbocycles. The van der Waals surface area contributed by atoms with E-state index in [1.807, 2.05) is 0 Å². The Morgan fingerprint density at radius 1 is 1.38 bits per heavy atom. The largest absolute Gasteiger partial charge is 0.381 e. The number of carbonyl (C=O) groups is 1. The molecule has 0 atom stereocenters. The highest BCUT2D eigenvalue weighted by Crippen LogP contribution is 2.15. The van der Waals surface area contributed by atoms with Gasteiger partial charge >= 0.3 is 0 Å². The lowest BCUT2D eigenvalue weighted by Gasteiger charge is -2.05. The van der Waals surface area contributed by atoms with Gasteiger partial charge in [0.15, 0.2) is 5.69 Å². The molecule has 1 rings (SSSR count). The molecule has 4 N–H and O–H groups in total. The van der Waals surface area contributed by atoms with E-state index in [1.54, 1.807) is 0 Å². The van der Waals surface area contributed by atoms with E-state index < -0.39 is 15.9 Å². The van der Waals surface area contributed by atoms with Crippen LogP contribution < -0.4 is 10.5 Å². The van der Waals surface area contributed by atoms with Gasteiger partial charge in [0.1, 0.15) is 4.90 Å². The van der Waals surface area contributed by atoms with E-state index in [1.165, 1.54) is 6.92 Å². The van der Waals surface area contributed by atoms with Crippen molar-refractivity contribution in [1.29, 1.82) is 0 Å². The minimum atomic E-state index is -3.99. The van der Waals surface area contributed by atoms with Crippen molar-refractivity contribution in [3.8, 4) is 0 Å². The molecule has 0 spiro atoms. The highest BCUT2D eigenvalue weighted by molar-refractivity contribution is 7.89. The summed E-state index contributed by atoms with van der Waals surface area (Å²) in [7, 11) is -3.99. The van der Waals surface area contributed by atoms with E-state index >= 15 is 0 Å². The third-order valence-electron chi connectivity index (χ3n) is 2.78. The molecule has 1 amide bonds. The number of unbranched alkanes of at least 4 members (excludes halogenated alkanes) is 1. The summed E-state index contributed by atoms with van der Waals surface area (Å²) >= 11 is 0. The Bertz CT molecular complexity index is 568. The van der Waals surface area contributed by atoms with Gasteiger partial charge in [-0.1, -0.05) is 13.3 Å². The fourth-order valence-corrected chi connectivity index (χ4v) is 2.61. The first-order valence-corrected chi connectivity index (χ1v) is 8.36. The molecule has 21 heavy (non-hydrogen) atoms. The zero-order valence-electron chi connectivity index (χ0n) is 12.3. The Kier molecular flexibility index (Phi) is 6.79. The number of rotatable bonds is 9. The lowest BCUT2D eigenvalue weighted by atomic mass is 10.3. The second-order valence-corrected chi connectivity index (χ2v) is 6.14. The SMILES string of the molecule is CCCCOCCCNC(=O)c1n[nH]c(C)c1S(N)(=O)=O. The quantitative estimate of drug-likeness (QED) is 0.564. The Hall–Kier alpha value is -1.45. The second-order valence-electron chi connectivity index (χ2n) is 4.65. The number of nitrogens with zero attached hydrogens (tertiary/aromatic N) is 1. The number of H-pyrrole nitrogens is 1. The normalized spacial score (nSPS) is 11.6. The first-order chi connectivity index (χ1) is 9.88. The number of aryl methyl sites for hydroxylation is 1. The molecule has 0 saturated carbocycles. The zero-order chi connectivity index (χ0) is 15.9. The van der Waals surface area contributed by atoms with E-state index in [2.05, 4.69) is 22.4 Å². The van der Waals surface area contributed by atoms with Gasteiger partial charge in [-0.15, -0.1) is 0 Å². The summed E-state index contributed by atoms with van der Waals surface area (Å²) in [5, 5.41) is 13.8. The molecule has 0 bridgehead atoms. The number of carbonyl (C=O) groups excluding carboxylic acids is 1. The van der Waals surface area contributed by atoms with Crippen molar-refractivity contribution < 1.29 is 17.9 Å². The summed E-state index contributed by atoms with van der Waals surface area (Å²) in [6, 6.07) is 0. The fraction of sp³-hybridized carbons (Fsp3) is 0.667. The molecule has 8 nitrogen and oxygen atoms in total. The predicted octanol–water partition coefficient (Wildman–Crippen LogP) is 0.302. The van der Waals surface area contributed by atoms with Crippen LogP contribution in [0.4, 0.5) is 0 Å². The Morgan fingerprint density at radius 2 is 2.05 bits per heavy atom. The van der Waals surface area contributed by atoms with Gasteiger partial charge in [0, 0.05) is 19.8 Å². The number of nitrogens with one attached hydrogen (secondary N) is 2. The molecular weight excluding hydrogens is 296 g/mol. The van der Waals surface area contributed by atoms with E-state index in [4.69, 9.17) is 9.88 Å². The maximum absolute atomic E-state index is 11.9. The van der Waals surface area contributed by atoms with E-state index in [9.17, 15) is 13.2 Å². The number of amides is 1. The summed E-state index contributed by atoms with van der Waals surface area (Å²) in [5.74, 6) is -0.572. The van der Waals surface area contributed by atoms with Crippen LogP contribution in [0.1, 0.15) is 42.4 Å². The molecule has 0 saturated heterocycles. The Morgan fingerprint density at radius 3 is 2.67 bits per heavy atom. The lowest BCUT2D eigenvalue weighted by molar-refractivity contribution is 0.0932. The summed E-state index contributed by atoms with van der Waals surface area (Å²) in [4.78, 5) is 11.6. The molecule has 0 unspecified atom stereocenters. The van der Waals surface area contributed by atoms with Crippen molar-refractivity contribution in [3.63, 3.8) is 0 Å². The molecular formula is C12H22N4O4S. The predicted molar refractivity (Wildman–Crippen MR) is 77.4 cm³/mol. The van der Waals surface area contributed by atoms with Crippen molar-refractivity contribution in [3.05, 3.63) is 11.4 Å². The third-order valence-corrected chi connectivity index (χ3v) is 3.85. The number of sulfonamides is 1. The second kappa shape index (κ2) is 8.11. The summed E-state index contributed by atoms with van der Waals surface area (Å²) < 4.78 is 28.2. The average Bonchev–Trinajstić information content (AvgIpc) is 2.79. The van der Waals surface area contributed by atoms with Crippen molar-refractivity contribution in [2.75, 3.05) is 19.8 Å². The topological polar surface area (TPSA) is 127 Å². The molecule has 0 aliphatic rings. The first-order valence-electron chi connectivity index (χ1n) is 6.81. The van der Waals surface area contributed by atoms with Gasteiger partial charge in [0.05, 0.1) is 5.69 Å². The van der Waals surface area contributed by atoms with Crippen LogP contribution in [0.2, 0.25) is 0 Å². The van der Waals surface area contributed by atoms with Crippen LogP contribution in [-0.2, 0) is 14.8 Å². The zero-order valence-corrected chi connectivity index (χ0v) is 13.1. The summed E-state index contributed by atoms with van der Waals surface area (Å²) in [6.45, 7) is 5.20. The molecule has 1 heterocycles. The standard InChI is InChI=1S/C12H22N4O4S/c1-3-4-7-20-8-5-6-14-12(17)10-11(21(13,18)19)9(2)15-16-10/h3-8H2,1-2H3,(H,14,17)(H,15,16)(H2,13,18,19). The van der Waals surface area contributed by atoms with Crippen molar-refractivity contribution >= 4 is 15.9 Å². The van der Waals surface area contributed by atoms with Crippen molar-refractivity contribution in [2.45, 2.75) is 38.0 Å². The molecule has 120 valence electrons. The fourth-order valence-electron chi connectivity index (χ4n) is 1.73. The van der Waals surface area contributed by atoms with E-state index in [0.717, 1.165) is 12.8 Å². The number of aromatic nitrogens is 2. The van der Waals surface area contributed by atoms with Gasteiger partial charge in [-0.3, -0.25) is 9.89 Å². The van der Waals surface area contributed by atoms with Gasteiger partial charge in [-0.2, -0.15) is 5.10 Å². The maximum Gasteiger partial charge on any atom is 0.273 e. The number of nitrogens with two attached hydrogens (primary N) is 1. The van der Waals surface area contributed by atoms with Crippen LogP contribution in [0.15, 0.2) is 4.90 Å². The molecule has 0 fully saturated rings. The molecule has 0 aliphatic heterocycles. The Balaban J connectivity index is 2.47. The maximum atomic E-state index is 11.9. The molecule has 0 aliphatic carbocycles. The van der Waals surface area contributed by atoms with Crippen LogP contribution in [0, 0.1) is 6.92 Å². The van der Waals surface area contributed by atoms with Crippen LogP contribution in [0.25, 0.3) is 0 Å². The minimum absolute atomic E-state index is 0.207.